The molecule has 96 valence electrons. The van der Waals surface area contributed by atoms with E-state index in [1.54, 1.807) is 0 Å². The van der Waals surface area contributed by atoms with E-state index in [0.29, 0.717) is 6.04 Å². The molecule has 0 aliphatic rings. The largest absolute Gasteiger partial charge is 0.313 e. The van der Waals surface area contributed by atoms with Gasteiger partial charge in [-0.05, 0) is 43.0 Å². The maximum absolute atomic E-state index is 4.22. The van der Waals surface area contributed by atoms with Crippen molar-refractivity contribution in [2.45, 2.75) is 52.5 Å². The molecule has 2 nitrogen and oxygen atoms in total. The Morgan fingerprint density at radius 3 is 2.71 bits per heavy atom. The van der Waals surface area contributed by atoms with Gasteiger partial charge in [-0.2, -0.15) is 0 Å². The first-order valence-corrected chi connectivity index (χ1v) is 6.82. The van der Waals surface area contributed by atoms with Crippen LogP contribution in [-0.2, 0) is 6.42 Å². The van der Waals surface area contributed by atoms with E-state index < -0.39 is 0 Å². The van der Waals surface area contributed by atoms with Crippen LogP contribution < -0.4 is 5.32 Å². The zero-order valence-corrected chi connectivity index (χ0v) is 11.7. The summed E-state index contributed by atoms with van der Waals surface area (Å²) in [6.07, 6.45) is 8.76. The molecule has 0 fully saturated rings. The van der Waals surface area contributed by atoms with Crippen LogP contribution in [-0.4, -0.2) is 12.0 Å². The Bertz CT molecular complexity index is 322. The van der Waals surface area contributed by atoms with Crippen molar-refractivity contribution in [2.75, 3.05) is 7.05 Å². The molecule has 0 aliphatic carbocycles. The number of hydrogen-bond acceptors (Lipinski definition) is 2. The molecule has 0 saturated heterocycles. The van der Waals surface area contributed by atoms with Crippen LogP contribution in [0.2, 0.25) is 0 Å². The molecule has 17 heavy (non-hydrogen) atoms. The van der Waals surface area contributed by atoms with Crippen LogP contribution in [0.1, 0.15) is 57.2 Å². The second-order valence-electron chi connectivity index (χ2n) is 4.90. The van der Waals surface area contributed by atoms with Gasteiger partial charge in [-0.25, -0.2) is 0 Å². The standard InChI is InChI=1S/C15H26N2/c1-5-7-12(3)10-15(16-4)14-8-9-17-11-13(14)6-2/h8-9,11-12,15-16H,5-7,10H2,1-4H3. The van der Waals surface area contributed by atoms with Crippen LogP contribution >= 0.6 is 0 Å². The monoisotopic (exact) mass is 234 g/mol. The highest BCUT2D eigenvalue weighted by molar-refractivity contribution is 5.26. The number of nitrogens with zero attached hydrogens (tertiary/aromatic N) is 1. The molecule has 2 unspecified atom stereocenters. The van der Waals surface area contributed by atoms with E-state index in [0.717, 1.165) is 12.3 Å². The van der Waals surface area contributed by atoms with Gasteiger partial charge in [0.1, 0.15) is 0 Å². The summed E-state index contributed by atoms with van der Waals surface area (Å²) in [5.41, 5.74) is 2.79. The molecule has 0 amide bonds. The van der Waals surface area contributed by atoms with Gasteiger partial charge in [-0.1, -0.05) is 33.6 Å². The Morgan fingerprint density at radius 1 is 1.35 bits per heavy atom. The highest BCUT2D eigenvalue weighted by Gasteiger charge is 2.15. The van der Waals surface area contributed by atoms with E-state index in [1.165, 1.54) is 30.4 Å². The number of hydrogen-bond donors (Lipinski definition) is 1. The normalized spacial score (nSPS) is 14.6. The summed E-state index contributed by atoms with van der Waals surface area (Å²) in [6, 6.07) is 2.63. The quantitative estimate of drug-likeness (QED) is 0.777. The predicted molar refractivity (Wildman–Crippen MR) is 74.1 cm³/mol. The Kier molecular flexibility index (Phi) is 6.20. The fourth-order valence-corrected chi connectivity index (χ4v) is 2.49. The van der Waals surface area contributed by atoms with Crippen LogP contribution in [0.25, 0.3) is 0 Å². The lowest BCUT2D eigenvalue weighted by Gasteiger charge is -2.22. The van der Waals surface area contributed by atoms with Crippen molar-refractivity contribution in [3.05, 3.63) is 29.6 Å². The summed E-state index contributed by atoms with van der Waals surface area (Å²) in [4.78, 5) is 4.22. The van der Waals surface area contributed by atoms with Crippen molar-refractivity contribution in [1.29, 1.82) is 0 Å². The van der Waals surface area contributed by atoms with E-state index in [4.69, 9.17) is 0 Å². The number of aryl methyl sites for hydroxylation is 1. The lowest BCUT2D eigenvalue weighted by atomic mass is 9.91. The summed E-state index contributed by atoms with van der Waals surface area (Å²) in [6.45, 7) is 6.80. The molecular weight excluding hydrogens is 208 g/mol. The zero-order valence-electron chi connectivity index (χ0n) is 11.7. The number of nitrogens with one attached hydrogen (secondary N) is 1. The van der Waals surface area contributed by atoms with E-state index in [1.807, 2.05) is 12.4 Å². The predicted octanol–water partition coefficient (Wildman–Crippen LogP) is 3.73. The highest BCUT2D eigenvalue weighted by Crippen LogP contribution is 2.25. The maximum atomic E-state index is 4.22. The van der Waals surface area contributed by atoms with Crippen molar-refractivity contribution in [1.82, 2.24) is 10.3 Å². The fourth-order valence-electron chi connectivity index (χ4n) is 2.49. The van der Waals surface area contributed by atoms with Crippen molar-refractivity contribution >= 4 is 0 Å². The molecule has 1 aromatic rings. The minimum absolute atomic E-state index is 0.467. The zero-order chi connectivity index (χ0) is 12.7. The average molecular weight is 234 g/mol. The second-order valence-corrected chi connectivity index (χ2v) is 4.90. The second kappa shape index (κ2) is 7.44. The van der Waals surface area contributed by atoms with Gasteiger partial charge in [-0.3, -0.25) is 4.98 Å². The molecule has 1 N–H and O–H groups in total. The molecule has 1 aromatic heterocycles. The minimum atomic E-state index is 0.467. The summed E-state index contributed by atoms with van der Waals surface area (Å²) >= 11 is 0. The number of pyridine rings is 1. The molecule has 1 heterocycles. The first kappa shape index (κ1) is 14.2. The Morgan fingerprint density at radius 2 is 2.12 bits per heavy atom. The van der Waals surface area contributed by atoms with E-state index >= 15 is 0 Å². The number of rotatable bonds is 7. The lowest BCUT2D eigenvalue weighted by molar-refractivity contribution is 0.405. The molecular formula is C15H26N2. The smallest absolute Gasteiger partial charge is 0.0323 e. The van der Waals surface area contributed by atoms with E-state index in [9.17, 15) is 0 Å². The van der Waals surface area contributed by atoms with Crippen molar-refractivity contribution in [2.24, 2.45) is 5.92 Å². The molecule has 1 rings (SSSR count). The third-order valence-corrected chi connectivity index (χ3v) is 3.47. The molecule has 0 radical (unpaired) electrons. The Labute approximate surface area is 106 Å². The maximum Gasteiger partial charge on any atom is 0.0323 e. The Balaban J connectivity index is 2.78. The third kappa shape index (κ3) is 4.12. The van der Waals surface area contributed by atoms with Crippen LogP contribution in [0.4, 0.5) is 0 Å². The summed E-state index contributed by atoms with van der Waals surface area (Å²) < 4.78 is 0. The minimum Gasteiger partial charge on any atom is -0.313 e. The molecule has 2 heteroatoms. The summed E-state index contributed by atoms with van der Waals surface area (Å²) in [7, 11) is 2.06. The van der Waals surface area contributed by atoms with Crippen LogP contribution in [0.3, 0.4) is 0 Å². The van der Waals surface area contributed by atoms with Crippen LogP contribution in [0, 0.1) is 5.92 Å². The lowest BCUT2D eigenvalue weighted by Crippen LogP contribution is -2.20. The highest BCUT2D eigenvalue weighted by atomic mass is 14.9. The Hall–Kier alpha value is -0.890. The van der Waals surface area contributed by atoms with E-state index in [2.05, 4.69) is 44.2 Å². The van der Waals surface area contributed by atoms with Crippen LogP contribution in [0.15, 0.2) is 18.5 Å². The van der Waals surface area contributed by atoms with Gasteiger partial charge < -0.3 is 5.32 Å². The van der Waals surface area contributed by atoms with Gasteiger partial charge >= 0.3 is 0 Å². The molecule has 0 aliphatic heterocycles. The number of aromatic nitrogens is 1. The SMILES string of the molecule is CCCC(C)CC(NC)c1ccncc1CC. The van der Waals surface area contributed by atoms with Gasteiger partial charge in [0, 0.05) is 18.4 Å². The first-order valence-electron chi connectivity index (χ1n) is 6.82. The van der Waals surface area contributed by atoms with Crippen molar-refractivity contribution in [3.63, 3.8) is 0 Å². The molecule has 0 bridgehead atoms. The van der Waals surface area contributed by atoms with Gasteiger partial charge in [0.2, 0.25) is 0 Å². The van der Waals surface area contributed by atoms with Gasteiger partial charge in [0.05, 0.1) is 0 Å². The van der Waals surface area contributed by atoms with Crippen LogP contribution in [0.5, 0.6) is 0 Å². The van der Waals surface area contributed by atoms with Gasteiger partial charge in [0.15, 0.2) is 0 Å². The third-order valence-electron chi connectivity index (χ3n) is 3.47. The van der Waals surface area contributed by atoms with E-state index in [-0.39, 0.29) is 0 Å². The molecule has 0 aromatic carbocycles. The summed E-state index contributed by atoms with van der Waals surface area (Å²) in [5, 5.41) is 3.45. The average Bonchev–Trinajstić information content (AvgIpc) is 2.36. The topological polar surface area (TPSA) is 24.9 Å². The summed E-state index contributed by atoms with van der Waals surface area (Å²) in [5.74, 6) is 0.773. The molecule has 2 atom stereocenters. The first-order chi connectivity index (χ1) is 8.22. The fraction of sp³-hybridized carbons (Fsp3) is 0.667. The molecule has 0 spiro atoms. The van der Waals surface area contributed by atoms with Gasteiger partial charge in [-0.15, -0.1) is 0 Å². The van der Waals surface area contributed by atoms with Gasteiger partial charge in [0.25, 0.3) is 0 Å². The van der Waals surface area contributed by atoms with Crippen molar-refractivity contribution < 1.29 is 0 Å². The van der Waals surface area contributed by atoms with Crippen molar-refractivity contribution in [3.8, 4) is 0 Å². The molecule has 0 saturated carbocycles.